The number of hydrogen-bond donors (Lipinski definition) is 1. The molecule has 0 radical (unpaired) electrons. The molecule has 1 aromatic carbocycles. The van der Waals surface area contributed by atoms with Crippen molar-refractivity contribution in [1.82, 2.24) is 32.4 Å². The molecule has 0 unspecified atom stereocenters. The minimum absolute atomic E-state index is 0.00586. The van der Waals surface area contributed by atoms with Gasteiger partial charge in [-0.15, -0.1) is 0 Å². The molecule has 0 saturated heterocycles. The van der Waals surface area contributed by atoms with Crippen molar-refractivity contribution in [3.05, 3.63) is 62.0 Å². The molecule has 0 aliphatic heterocycles. The van der Waals surface area contributed by atoms with E-state index in [1.807, 2.05) is 13.8 Å². The van der Waals surface area contributed by atoms with E-state index in [4.69, 9.17) is 16.7 Å². The third-order valence-electron chi connectivity index (χ3n) is 6.65. The fourth-order valence-electron chi connectivity index (χ4n) is 4.90. The number of fused-ring (bicyclic) bond motifs is 2. The van der Waals surface area contributed by atoms with Gasteiger partial charge in [0.2, 0.25) is 10.0 Å². The van der Waals surface area contributed by atoms with Crippen molar-refractivity contribution in [3.63, 3.8) is 0 Å². The number of rotatable bonds is 7. The lowest BCUT2D eigenvalue weighted by Gasteiger charge is -2.11. The molecule has 218 valence electrons. The number of sulfonamides is 1. The van der Waals surface area contributed by atoms with Crippen LogP contribution in [0.25, 0.3) is 33.5 Å². The summed E-state index contributed by atoms with van der Waals surface area (Å²) < 4.78 is 55.7. The lowest BCUT2D eigenvalue weighted by Crippen LogP contribution is -2.38. The van der Waals surface area contributed by atoms with Gasteiger partial charge in [-0.05, 0) is 12.0 Å². The Kier molecular flexibility index (Phi) is 6.80. The molecular weight excluding hydrogens is 596 g/mol. The third-order valence-corrected chi connectivity index (χ3v) is 8.97. The van der Waals surface area contributed by atoms with Gasteiger partial charge >= 0.3 is 5.69 Å². The number of aromatic nitrogens is 7. The molecule has 0 spiro atoms. The molecule has 5 aromatic rings. The van der Waals surface area contributed by atoms with Gasteiger partial charge in [0.1, 0.15) is 16.2 Å². The molecule has 0 aliphatic carbocycles. The fraction of sp³-hybridized carbons (Fsp3) is 0.333. The van der Waals surface area contributed by atoms with E-state index < -0.39 is 36.3 Å². The second-order valence-electron chi connectivity index (χ2n) is 10.2. The van der Waals surface area contributed by atoms with Crippen molar-refractivity contribution in [2.75, 3.05) is 6.26 Å². The number of imidazole rings is 1. The average molecular weight is 623 g/mol. The number of halogens is 1. The summed E-state index contributed by atoms with van der Waals surface area (Å²) in [6.07, 6.45) is 2.23. The first-order valence-electron chi connectivity index (χ1n) is 12.3. The Labute approximate surface area is 239 Å². The molecule has 0 atom stereocenters. The van der Waals surface area contributed by atoms with Crippen LogP contribution in [0.15, 0.2) is 45.1 Å². The predicted octanol–water partition coefficient (Wildman–Crippen LogP) is 1.06. The second-order valence-corrected chi connectivity index (χ2v) is 13.9. The molecule has 14 nitrogen and oxygen atoms in total. The lowest BCUT2D eigenvalue weighted by molar-refractivity contribution is 0.498. The normalized spacial score (nSPS) is 12.8. The van der Waals surface area contributed by atoms with Crippen LogP contribution in [0.2, 0.25) is 5.15 Å². The van der Waals surface area contributed by atoms with E-state index in [0.717, 1.165) is 14.8 Å². The molecule has 2 N–H and O–H groups in total. The van der Waals surface area contributed by atoms with Crippen molar-refractivity contribution in [1.29, 1.82) is 0 Å². The second kappa shape index (κ2) is 9.68. The Balaban J connectivity index is 1.92. The van der Waals surface area contributed by atoms with Crippen LogP contribution in [0.3, 0.4) is 0 Å². The quantitative estimate of drug-likeness (QED) is 0.280. The zero-order valence-corrected chi connectivity index (χ0v) is 25.1. The van der Waals surface area contributed by atoms with Gasteiger partial charge in [0, 0.05) is 37.8 Å². The van der Waals surface area contributed by atoms with Crippen LogP contribution in [0.1, 0.15) is 19.4 Å². The number of primary sulfonamides is 1. The summed E-state index contributed by atoms with van der Waals surface area (Å²) in [7, 11) is -5.16. The molecule has 5 rings (SSSR count). The van der Waals surface area contributed by atoms with Crippen LogP contribution in [0, 0.1) is 5.92 Å². The molecule has 0 saturated carbocycles. The van der Waals surface area contributed by atoms with Gasteiger partial charge < -0.3 is 4.57 Å². The molecule has 0 amide bonds. The van der Waals surface area contributed by atoms with Crippen molar-refractivity contribution in [2.24, 2.45) is 25.2 Å². The number of benzene rings is 1. The zero-order valence-electron chi connectivity index (χ0n) is 22.7. The maximum absolute atomic E-state index is 13.6. The third kappa shape index (κ3) is 4.69. The Hall–Kier alpha value is -3.73. The summed E-state index contributed by atoms with van der Waals surface area (Å²) in [5, 5.41) is 9.99. The lowest BCUT2D eigenvalue weighted by atomic mass is 10.1. The SMILES string of the molecule is CC(C)Cn1c(=O)n(C)c(=O)c2c(-c3nc(S(N)(=O)=O)cn3C)n(Cc3c(Cl)n(S(C)(=O)=O)c4ccccc34)nc21. The van der Waals surface area contributed by atoms with Crippen LogP contribution >= 0.6 is 11.6 Å². The Morgan fingerprint density at radius 3 is 2.32 bits per heavy atom. The van der Waals surface area contributed by atoms with Crippen LogP contribution in [0.4, 0.5) is 0 Å². The maximum Gasteiger partial charge on any atom is 0.332 e. The van der Waals surface area contributed by atoms with Crippen molar-refractivity contribution >= 4 is 53.6 Å². The topological polar surface area (TPSA) is 179 Å². The first-order chi connectivity index (χ1) is 19.0. The molecule has 17 heteroatoms. The number of nitrogens with two attached hydrogens (primary N) is 1. The van der Waals surface area contributed by atoms with Crippen LogP contribution in [-0.2, 0) is 47.2 Å². The summed E-state index contributed by atoms with van der Waals surface area (Å²) in [4.78, 5) is 31.0. The van der Waals surface area contributed by atoms with Crippen molar-refractivity contribution in [3.8, 4) is 11.5 Å². The highest BCUT2D eigenvalue weighted by Gasteiger charge is 2.29. The van der Waals surface area contributed by atoms with Crippen LogP contribution < -0.4 is 16.4 Å². The van der Waals surface area contributed by atoms with E-state index >= 15 is 0 Å². The number of nitrogens with zero attached hydrogens (tertiary/aromatic N) is 7. The standard InChI is InChI=1S/C24H27ClN8O6S2/c1-13(2)10-31-21-18(23(34)30(4)24(31)35)19(22-27-17(12-29(22)3)41(26,38)39)32(28-21)11-15-14-8-6-7-9-16(14)33(20(15)25)40(5,36)37/h6-9,12-13H,10-11H2,1-5H3,(H2,26,38,39). The first kappa shape index (κ1) is 28.8. The summed E-state index contributed by atoms with van der Waals surface area (Å²) in [6, 6.07) is 6.71. The summed E-state index contributed by atoms with van der Waals surface area (Å²) in [6.45, 7) is 3.88. The zero-order chi connectivity index (χ0) is 30.2. The average Bonchev–Trinajstić information content (AvgIpc) is 3.51. The number of para-hydroxylation sites is 1. The molecule has 4 heterocycles. The van der Waals surface area contributed by atoms with E-state index in [1.54, 1.807) is 24.3 Å². The first-order valence-corrected chi connectivity index (χ1v) is 16.0. The Morgan fingerprint density at radius 2 is 1.73 bits per heavy atom. The molecule has 0 aliphatic rings. The molecule has 0 fully saturated rings. The van der Waals surface area contributed by atoms with E-state index in [1.165, 1.54) is 34.1 Å². The number of hydrogen-bond acceptors (Lipinski definition) is 8. The summed E-state index contributed by atoms with van der Waals surface area (Å²) >= 11 is 6.67. The Bertz CT molecular complexity index is 2220. The van der Waals surface area contributed by atoms with Gasteiger partial charge in [0.15, 0.2) is 16.5 Å². The number of aryl methyl sites for hydroxylation is 1. The van der Waals surface area contributed by atoms with Gasteiger partial charge in [0.05, 0.1) is 18.3 Å². The molecule has 41 heavy (non-hydrogen) atoms. The molecule has 4 aromatic heterocycles. The Morgan fingerprint density at radius 1 is 1.07 bits per heavy atom. The van der Waals surface area contributed by atoms with E-state index in [9.17, 15) is 26.4 Å². The van der Waals surface area contributed by atoms with Gasteiger partial charge in [0.25, 0.3) is 15.6 Å². The fourth-order valence-corrected chi connectivity index (χ4v) is 6.96. The van der Waals surface area contributed by atoms with Crippen molar-refractivity contribution in [2.45, 2.75) is 32.0 Å². The highest BCUT2D eigenvalue weighted by Crippen LogP contribution is 2.34. The van der Waals surface area contributed by atoms with Crippen LogP contribution in [0.5, 0.6) is 0 Å². The smallest absolute Gasteiger partial charge is 0.331 e. The summed E-state index contributed by atoms with van der Waals surface area (Å²) in [5.41, 5.74) is -0.375. The van der Waals surface area contributed by atoms with Gasteiger partial charge in [-0.25, -0.2) is 35.7 Å². The minimum atomic E-state index is -4.21. The van der Waals surface area contributed by atoms with E-state index in [2.05, 4.69) is 10.1 Å². The highest BCUT2D eigenvalue weighted by atomic mass is 35.5. The van der Waals surface area contributed by atoms with Crippen LogP contribution in [-0.4, -0.2) is 55.5 Å². The molecular formula is C24H27ClN8O6S2. The van der Waals surface area contributed by atoms with E-state index in [0.29, 0.717) is 16.5 Å². The monoisotopic (exact) mass is 622 g/mol. The largest absolute Gasteiger partial charge is 0.332 e. The molecule has 0 bridgehead atoms. The predicted molar refractivity (Wildman–Crippen MR) is 154 cm³/mol. The summed E-state index contributed by atoms with van der Waals surface area (Å²) in [5.74, 6) is 0.0395. The minimum Gasteiger partial charge on any atom is -0.331 e. The van der Waals surface area contributed by atoms with Gasteiger partial charge in [-0.3, -0.25) is 18.6 Å². The van der Waals surface area contributed by atoms with Gasteiger partial charge in [-0.1, -0.05) is 43.6 Å². The maximum atomic E-state index is 13.6. The van der Waals surface area contributed by atoms with Gasteiger partial charge in [-0.2, -0.15) is 5.10 Å². The highest BCUT2D eigenvalue weighted by molar-refractivity contribution is 7.89. The van der Waals surface area contributed by atoms with E-state index in [-0.39, 0.29) is 46.7 Å². The van der Waals surface area contributed by atoms with Crippen molar-refractivity contribution < 1.29 is 16.8 Å².